The molecule has 3 rings (SSSR count). The second-order valence-electron chi connectivity index (χ2n) is 5.23. The third kappa shape index (κ3) is 2.53. The molecule has 22 heavy (non-hydrogen) atoms. The maximum Gasteiger partial charge on any atom is 0.323 e. The van der Waals surface area contributed by atoms with Crippen molar-refractivity contribution in [2.75, 3.05) is 18.0 Å². The van der Waals surface area contributed by atoms with E-state index < -0.39 is 5.97 Å². The molecule has 1 aliphatic rings. The smallest absolute Gasteiger partial charge is 0.323 e. The van der Waals surface area contributed by atoms with E-state index in [0.29, 0.717) is 22.6 Å². The zero-order valence-corrected chi connectivity index (χ0v) is 12.1. The standard InChI is InChI=1S/C17H15NO4/c1-11-4-2-6-14-16(11)18(10-15(19)20)9-12(17(14)21)8-13-5-3-7-22-13/h2-8H,9-10H2,1H3,(H,19,20). The van der Waals surface area contributed by atoms with Crippen LogP contribution >= 0.6 is 0 Å². The summed E-state index contributed by atoms with van der Waals surface area (Å²) in [7, 11) is 0. The van der Waals surface area contributed by atoms with E-state index in [-0.39, 0.29) is 18.9 Å². The van der Waals surface area contributed by atoms with Gasteiger partial charge in [0.1, 0.15) is 12.3 Å². The largest absolute Gasteiger partial charge is 0.480 e. The summed E-state index contributed by atoms with van der Waals surface area (Å²) in [6.45, 7) is 1.98. The molecule has 1 aliphatic heterocycles. The lowest BCUT2D eigenvalue weighted by Crippen LogP contribution is -2.38. The first kappa shape index (κ1) is 14.1. The zero-order chi connectivity index (χ0) is 15.7. The first-order chi connectivity index (χ1) is 10.6. The summed E-state index contributed by atoms with van der Waals surface area (Å²) >= 11 is 0. The van der Waals surface area contributed by atoms with E-state index in [2.05, 4.69) is 0 Å². The van der Waals surface area contributed by atoms with Gasteiger partial charge in [-0.15, -0.1) is 0 Å². The van der Waals surface area contributed by atoms with E-state index in [1.807, 2.05) is 13.0 Å². The number of carbonyl (C=O) groups is 2. The quantitative estimate of drug-likeness (QED) is 0.882. The molecule has 0 atom stereocenters. The number of carboxylic acids is 1. The predicted octanol–water partition coefficient (Wildman–Crippen LogP) is 2.76. The fraction of sp³-hybridized carbons (Fsp3) is 0.176. The van der Waals surface area contributed by atoms with Crippen molar-refractivity contribution in [3.63, 3.8) is 0 Å². The van der Waals surface area contributed by atoms with Crippen LogP contribution in [0.1, 0.15) is 21.7 Å². The van der Waals surface area contributed by atoms with Crippen LogP contribution in [0.4, 0.5) is 5.69 Å². The number of Topliss-reactive ketones (excluding diaryl/α,β-unsaturated/α-hetero) is 1. The molecule has 1 aromatic carbocycles. The Labute approximate surface area is 127 Å². The van der Waals surface area contributed by atoms with Crippen molar-refractivity contribution in [2.45, 2.75) is 6.92 Å². The Balaban J connectivity index is 2.08. The molecular formula is C17H15NO4. The molecular weight excluding hydrogens is 282 g/mol. The minimum atomic E-state index is -0.930. The molecule has 5 heteroatoms. The number of benzene rings is 1. The van der Waals surface area contributed by atoms with Crippen LogP contribution in [-0.2, 0) is 4.79 Å². The lowest BCUT2D eigenvalue weighted by atomic mass is 9.93. The Morgan fingerprint density at radius 1 is 1.36 bits per heavy atom. The average Bonchev–Trinajstić information content (AvgIpc) is 2.96. The summed E-state index contributed by atoms with van der Waals surface area (Å²) in [5.74, 6) is -0.438. The number of para-hydroxylation sites is 1. The van der Waals surface area contributed by atoms with Crippen LogP contribution in [0.25, 0.3) is 6.08 Å². The molecule has 0 bridgehead atoms. The molecule has 112 valence electrons. The van der Waals surface area contributed by atoms with Crippen molar-refractivity contribution >= 4 is 23.5 Å². The van der Waals surface area contributed by atoms with Crippen molar-refractivity contribution in [1.29, 1.82) is 0 Å². The Morgan fingerprint density at radius 2 is 2.18 bits per heavy atom. The van der Waals surface area contributed by atoms with Crippen molar-refractivity contribution < 1.29 is 19.1 Å². The molecule has 1 N–H and O–H groups in total. The summed E-state index contributed by atoms with van der Waals surface area (Å²) < 4.78 is 5.25. The summed E-state index contributed by atoms with van der Waals surface area (Å²) in [6, 6.07) is 8.91. The second kappa shape index (κ2) is 5.52. The van der Waals surface area contributed by atoms with E-state index in [0.717, 1.165) is 5.56 Å². The first-order valence-corrected chi connectivity index (χ1v) is 6.91. The van der Waals surface area contributed by atoms with Crippen molar-refractivity contribution in [3.8, 4) is 0 Å². The maximum absolute atomic E-state index is 12.6. The molecule has 5 nitrogen and oxygen atoms in total. The van der Waals surface area contributed by atoms with Crippen LogP contribution in [0.5, 0.6) is 0 Å². The Bertz CT molecular complexity index is 759. The number of rotatable bonds is 3. The number of carboxylic acid groups (broad SMARTS) is 1. The van der Waals surface area contributed by atoms with Crippen molar-refractivity contribution in [1.82, 2.24) is 0 Å². The predicted molar refractivity (Wildman–Crippen MR) is 82.0 cm³/mol. The van der Waals surface area contributed by atoms with Gasteiger partial charge in [0.15, 0.2) is 5.78 Å². The van der Waals surface area contributed by atoms with E-state index in [9.17, 15) is 9.59 Å². The Hall–Kier alpha value is -2.82. The Kier molecular flexibility index (Phi) is 3.55. The van der Waals surface area contributed by atoms with Gasteiger partial charge in [0.2, 0.25) is 0 Å². The van der Waals surface area contributed by atoms with Crippen LogP contribution in [-0.4, -0.2) is 29.9 Å². The monoisotopic (exact) mass is 297 g/mol. The van der Waals surface area contributed by atoms with Crippen molar-refractivity contribution in [2.24, 2.45) is 0 Å². The third-order valence-electron chi connectivity index (χ3n) is 3.64. The van der Waals surface area contributed by atoms with E-state index in [4.69, 9.17) is 9.52 Å². The summed E-state index contributed by atoms with van der Waals surface area (Å²) in [5, 5.41) is 9.13. The number of aryl methyl sites for hydroxylation is 1. The van der Waals surface area contributed by atoms with E-state index >= 15 is 0 Å². The fourth-order valence-corrected chi connectivity index (χ4v) is 2.75. The molecule has 0 radical (unpaired) electrons. The minimum Gasteiger partial charge on any atom is -0.480 e. The SMILES string of the molecule is Cc1cccc2c1N(CC(=O)O)CC(=Cc1ccco1)C2=O. The van der Waals surface area contributed by atoms with Gasteiger partial charge >= 0.3 is 5.97 Å². The molecule has 0 saturated heterocycles. The molecule has 0 spiro atoms. The van der Waals surface area contributed by atoms with Crippen LogP contribution in [0.3, 0.4) is 0 Å². The van der Waals surface area contributed by atoms with Gasteiger partial charge < -0.3 is 14.4 Å². The first-order valence-electron chi connectivity index (χ1n) is 6.91. The fourth-order valence-electron chi connectivity index (χ4n) is 2.75. The van der Waals surface area contributed by atoms with E-state index in [1.165, 1.54) is 6.26 Å². The topological polar surface area (TPSA) is 70.8 Å². The van der Waals surface area contributed by atoms with Crippen molar-refractivity contribution in [3.05, 3.63) is 59.1 Å². The zero-order valence-electron chi connectivity index (χ0n) is 12.1. The normalized spacial score (nSPS) is 16.0. The molecule has 0 aliphatic carbocycles. The molecule has 1 aromatic heterocycles. The highest BCUT2D eigenvalue weighted by Gasteiger charge is 2.29. The highest BCUT2D eigenvalue weighted by atomic mass is 16.4. The number of nitrogens with zero attached hydrogens (tertiary/aromatic N) is 1. The number of fused-ring (bicyclic) bond motifs is 1. The van der Waals surface area contributed by atoms with Crippen LogP contribution in [0.15, 0.2) is 46.6 Å². The van der Waals surface area contributed by atoms with Gasteiger partial charge in [0, 0.05) is 17.7 Å². The summed E-state index contributed by atoms with van der Waals surface area (Å²) in [5.41, 5.74) is 2.65. The maximum atomic E-state index is 12.6. The Morgan fingerprint density at radius 3 is 2.86 bits per heavy atom. The highest BCUT2D eigenvalue weighted by Crippen LogP contribution is 2.33. The molecule has 0 unspecified atom stereocenters. The van der Waals surface area contributed by atoms with Gasteiger partial charge in [-0.3, -0.25) is 9.59 Å². The number of anilines is 1. The lowest BCUT2D eigenvalue weighted by molar-refractivity contribution is -0.135. The van der Waals surface area contributed by atoms with Crippen LogP contribution < -0.4 is 4.90 Å². The second-order valence-corrected chi connectivity index (χ2v) is 5.23. The van der Waals surface area contributed by atoms with Gasteiger partial charge in [0.25, 0.3) is 0 Å². The van der Waals surface area contributed by atoms with E-state index in [1.54, 1.807) is 35.2 Å². The van der Waals surface area contributed by atoms with Gasteiger partial charge in [-0.2, -0.15) is 0 Å². The summed E-state index contributed by atoms with van der Waals surface area (Å²) in [4.78, 5) is 25.5. The number of furan rings is 1. The number of carbonyl (C=O) groups excluding carboxylic acids is 1. The van der Waals surface area contributed by atoms with Gasteiger partial charge in [-0.05, 0) is 36.8 Å². The third-order valence-corrected chi connectivity index (χ3v) is 3.64. The highest BCUT2D eigenvalue weighted by molar-refractivity contribution is 6.17. The van der Waals surface area contributed by atoms with Gasteiger partial charge in [0.05, 0.1) is 12.0 Å². The number of hydrogen-bond donors (Lipinski definition) is 1. The van der Waals surface area contributed by atoms with Crippen LogP contribution in [0, 0.1) is 6.92 Å². The minimum absolute atomic E-state index is 0.0864. The molecule has 2 heterocycles. The number of ketones is 1. The van der Waals surface area contributed by atoms with Crippen LogP contribution in [0.2, 0.25) is 0 Å². The molecule has 0 fully saturated rings. The molecule has 0 amide bonds. The molecule has 2 aromatic rings. The summed E-state index contributed by atoms with van der Waals surface area (Å²) in [6.07, 6.45) is 3.20. The number of hydrogen-bond acceptors (Lipinski definition) is 4. The average molecular weight is 297 g/mol. The number of aliphatic carboxylic acids is 1. The van der Waals surface area contributed by atoms with Gasteiger partial charge in [-0.25, -0.2) is 0 Å². The molecule has 0 saturated carbocycles. The van der Waals surface area contributed by atoms with Gasteiger partial charge in [-0.1, -0.05) is 12.1 Å². The lowest BCUT2D eigenvalue weighted by Gasteiger charge is -2.32.